The zero-order valence-corrected chi connectivity index (χ0v) is 22.8. The lowest BCUT2D eigenvalue weighted by molar-refractivity contribution is 0.102. The number of aryl methyl sites for hydroxylation is 1. The van der Waals surface area contributed by atoms with Crippen LogP contribution in [-0.4, -0.2) is 37.2 Å². The Morgan fingerprint density at radius 3 is 2.35 bits per heavy atom. The number of carbonyl (C=O) groups is 1. The van der Waals surface area contributed by atoms with Gasteiger partial charge in [-0.2, -0.15) is 0 Å². The van der Waals surface area contributed by atoms with Crippen molar-refractivity contribution in [3.63, 3.8) is 0 Å². The smallest absolute Gasteiger partial charge is 0.268 e. The van der Waals surface area contributed by atoms with Crippen molar-refractivity contribution in [2.75, 3.05) is 14.1 Å². The summed E-state index contributed by atoms with van der Waals surface area (Å²) in [5.41, 5.74) is 1.10. The third-order valence-electron chi connectivity index (χ3n) is 5.60. The highest BCUT2D eigenvalue weighted by Gasteiger charge is 2.24. The van der Waals surface area contributed by atoms with E-state index in [1.54, 1.807) is 44.3 Å². The largest absolute Gasteiger partial charge is 0.453 e. The number of aromatic nitrogens is 1. The summed E-state index contributed by atoms with van der Waals surface area (Å²) >= 11 is 3.32. The molecule has 0 spiro atoms. The maximum absolute atomic E-state index is 15.3. The molecule has 0 N–H and O–H groups in total. The van der Waals surface area contributed by atoms with Crippen LogP contribution in [0.3, 0.4) is 0 Å². The average Bonchev–Trinajstić information content (AvgIpc) is 3.27. The molecule has 192 valence electrons. The van der Waals surface area contributed by atoms with E-state index in [1.807, 2.05) is 6.92 Å². The molecule has 4 rings (SSSR count). The first-order valence-electron chi connectivity index (χ1n) is 11.1. The van der Waals surface area contributed by atoms with Crippen molar-refractivity contribution in [3.05, 3.63) is 99.8 Å². The molecule has 4 aromatic rings. The molecule has 10 heteroatoms. The number of rotatable bonds is 7. The molecule has 0 amide bonds. The summed E-state index contributed by atoms with van der Waals surface area (Å²) < 4.78 is 63.0. The van der Waals surface area contributed by atoms with Gasteiger partial charge in [-0.15, -0.1) is 0 Å². The first-order valence-corrected chi connectivity index (χ1v) is 13.3. The Balaban J connectivity index is 1.74. The topological polar surface area (TPSA) is 68.6 Å². The lowest BCUT2D eigenvalue weighted by Crippen LogP contribution is -2.12. The van der Waals surface area contributed by atoms with Gasteiger partial charge in [0, 0.05) is 43.5 Å². The number of carbonyl (C=O) groups excluding carboxylic acids is 1. The van der Waals surface area contributed by atoms with E-state index in [9.17, 15) is 17.6 Å². The number of Topliss-reactive ketones (excluding diaryl/α,β-unsaturated/α-hetero) is 1. The molecule has 0 saturated carbocycles. The van der Waals surface area contributed by atoms with Gasteiger partial charge in [0.25, 0.3) is 10.0 Å². The quantitative estimate of drug-likeness (QED) is 0.178. The number of fused-ring (bicyclic) bond motifs is 1. The Hall–Kier alpha value is -3.50. The Morgan fingerprint density at radius 1 is 1.03 bits per heavy atom. The molecule has 6 nitrogen and oxygen atoms in total. The molecule has 1 heterocycles. The van der Waals surface area contributed by atoms with E-state index in [1.165, 1.54) is 36.5 Å². The number of hydrogen-bond donors (Lipinski definition) is 0. The molecule has 0 fully saturated rings. The zero-order valence-electron chi connectivity index (χ0n) is 20.4. The summed E-state index contributed by atoms with van der Waals surface area (Å²) in [5, 5.41) is 0.384. The summed E-state index contributed by atoms with van der Waals surface area (Å²) in [7, 11) is -0.504. The molecule has 0 aliphatic heterocycles. The van der Waals surface area contributed by atoms with Gasteiger partial charge in [0.05, 0.1) is 20.4 Å². The molecule has 0 radical (unpaired) electrons. The molecule has 3 aromatic carbocycles. The van der Waals surface area contributed by atoms with Gasteiger partial charge < -0.3 is 9.64 Å². The molecule has 0 aliphatic carbocycles. The minimum Gasteiger partial charge on any atom is -0.453 e. The van der Waals surface area contributed by atoms with Crippen molar-refractivity contribution in [2.45, 2.75) is 18.7 Å². The molecule has 1 aromatic heterocycles. The van der Waals surface area contributed by atoms with Crippen LogP contribution in [0.4, 0.5) is 8.78 Å². The van der Waals surface area contributed by atoms with Crippen molar-refractivity contribution in [2.24, 2.45) is 0 Å². The van der Waals surface area contributed by atoms with Crippen LogP contribution < -0.4 is 4.74 Å². The first kappa shape index (κ1) is 26.6. The van der Waals surface area contributed by atoms with Crippen LogP contribution in [0, 0.1) is 18.6 Å². The minimum atomic E-state index is -3.98. The Morgan fingerprint density at radius 2 is 1.70 bits per heavy atom. The van der Waals surface area contributed by atoms with Crippen LogP contribution in [0.25, 0.3) is 10.9 Å². The van der Waals surface area contributed by atoms with Crippen LogP contribution >= 0.6 is 15.9 Å². The molecule has 0 aliphatic rings. The van der Waals surface area contributed by atoms with Crippen molar-refractivity contribution in [3.8, 4) is 11.5 Å². The zero-order chi connectivity index (χ0) is 27.1. The van der Waals surface area contributed by atoms with Crippen LogP contribution in [0.5, 0.6) is 11.5 Å². The Bertz CT molecular complexity index is 1660. The second-order valence-electron chi connectivity index (χ2n) is 8.71. The summed E-state index contributed by atoms with van der Waals surface area (Å²) in [4.78, 5) is 14.4. The fourth-order valence-corrected chi connectivity index (χ4v) is 5.76. The predicted molar refractivity (Wildman–Crippen MR) is 142 cm³/mol. The standard InChI is InChI=1S/C27H23BrF2N2O4S/c1-16-5-8-19(9-6-16)37(34,35)32-12-11-20-24(32)14-23(30)27(25(20)28)36-18-7-10-22(29)21(13-18)26(33)17(2)15-31(3)4/h5-15H,1-4H3/b17-15+. The van der Waals surface area contributed by atoms with E-state index in [4.69, 9.17) is 4.74 Å². The number of ketones is 1. The van der Waals surface area contributed by atoms with Crippen molar-refractivity contribution >= 4 is 42.6 Å². The highest BCUT2D eigenvalue weighted by Crippen LogP contribution is 2.40. The van der Waals surface area contributed by atoms with Gasteiger partial charge in [0.15, 0.2) is 17.3 Å². The molecule has 0 unspecified atom stereocenters. The lowest BCUT2D eigenvalue weighted by Gasteiger charge is -2.13. The van der Waals surface area contributed by atoms with Gasteiger partial charge in [-0.1, -0.05) is 17.7 Å². The second kappa shape index (κ2) is 10.1. The fraction of sp³-hybridized carbons (Fsp3) is 0.148. The molecule has 0 saturated heterocycles. The maximum atomic E-state index is 15.3. The van der Waals surface area contributed by atoms with Crippen molar-refractivity contribution < 1.29 is 26.7 Å². The predicted octanol–water partition coefficient (Wildman–Crippen LogP) is 6.67. The molecule has 37 heavy (non-hydrogen) atoms. The fourth-order valence-electron chi connectivity index (χ4n) is 3.81. The highest BCUT2D eigenvalue weighted by atomic mass is 79.9. The van der Waals surface area contributed by atoms with E-state index in [-0.39, 0.29) is 31.9 Å². The van der Waals surface area contributed by atoms with Gasteiger partial charge in [0.1, 0.15) is 11.6 Å². The number of nitrogens with zero attached hydrogens (tertiary/aromatic N) is 2. The third-order valence-corrected chi connectivity index (χ3v) is 8.09. The van der Waals surface area contributed by atoms with Gasteiger partial charge in [-0.25, -0.2) is 21.2 Å². The summed E-state index contributed by atoms with van der Waals surface area (Å²) in [6.45, 7) is 3.41. The monoisotopic (exact) mass is 588 g/mol. The summed E-state index contributed by atoms with van der Waals surface area (Å²) in [6, 6.07) is 12.5. The van der Waals surface area contributed by atoms with E-state index in [0.29, 0.717) is 11.0 Å². The molecular formula is C27H23BrF2N2O4S. The third kappa shape index (κ3) is 5.17. The number of halogens is 3. The van der Waals surface area contributed by atoms with Crippen LogP contribution in [-0.2, 0) is 10.0 Å². The van der Waals surface area contributed by atoms with Gasteiger partial charge in [0.2, 0.25) is 0 Å². The van der Waals surface area contributed by atoms with Gasteiger partial charge in [-0.05, 0) is 66.2 Å². The van der Waals surface area contributed by atoms with E-state index < -0.39 is 27.4 Å². The van der Waals surface area contributed by atoms with Gasteiger partial charge >= 0.3 is 0 Å². The van der Waals surface area contributed by atoms with Crippen LogP contribution in [0.1, 0.15) is 22.8 Å². The number of hydrogen-bond acceptors (Lipinski definition) is 5. The van der Waals surface area contributed by atoms with E-state index >= 15 is 4.39 Å². The van der Waals surface area contributed by atoms with E-state index in [0.717, 1.165) is 21.7 Å². The summed E-state index contributed by atoms with van der Waals surface area (Å²) in [6.07, 6.45) is 2.90. The highest BCUT2D eigenvalue weighted by molar-refractivity contribution is 9.10. The Labute approximate surface area is 222 Å². The van der Waals surface area contributed by atoms with E-state index in [2.05, 4.69) is 15.9 Å². The molecule has 0 bridgehead atoms. The SMILES string of the molecule is C/C(=C\N(C)C)C(=O)c1cc(Oc2c(F)cc3c(ccn3S(=O)(=O)c3ccc(C)cc3)c2Br)ccc1F. The lowest BCUT2D eigenvalue weighted by atomic mass is 10.0. The van der Waals surface area contributed by atoms with Crippen molar-refractivity contribution in [1.29, 1.82) is 0 Å². The molecular weight excluding hydrogens is 566 g/mol. The number of benzene rings is 3. The number of allylic oxidation sites excluding steroid dienone is 1. The normalized spacial score (nSPS) is 12.1. The average molecular weight is 589 g/mol. The van der Waals surface area contributed by atoms with Gasteiger partial charge in [-0.3, -0.25) is 4.79 Å². The minimum absolute atomic E-state index is 0.0352. The maximum Gasteiger partial charge on any atom is 0.268 e. The van der Waals surface area contributed by atoms with Crippen LogP contribution in [0.15, 0.2) is 81.9 Å². The summed E-state index contributed by atoms with van der Waals surface area (Å²) in [5.74, 6) is -2.32. The first-order chi connectivity index (χ1) is 17.4. The van der Waals surface area contributed by atoms with Crippen LogP contribution in [0.2, 0.25) is 0 Å². The van der Waals surface area contributed by atoms with Crippen molar-refractivity contribution in [1.82, 2.24) is 8.87 Å². The molecule has 0 atom stereocenters. The Kier molecular flexibility index (Phi) is 7.25. The number of ether oxygens (including phenoxy) is 1. The second-order valence-corrected chi connectivity index (χ2v) is 11.3.